The third-order valence-electron chi connectivity index (χ3n) is 7.07. The Bertz CT molecular complexity index is 1320. The Kier molecular flexibility index (Phi) is 5.88. The average molecular weight is 497 g/mol. The number of sulfonamides is 1. The van der Waals surface area contributed by atoms with Gasteiger partial charge < -0.3 is 10.6 Å². The number of anilines is 1. The van der Waals surface area contributed by atoms with Gasteiger partial charge in [0.05, 0.1) is 4.90 Å². The van der Waals surface area contributed by atoms with Crippen LogP contribution in [0, 0.1) is 0 Å². The first-order valence-electron chi connectivity index (χ1n) is 11.8. The number of nitrogens with one attached hydrogen (secondary N) is 2. The van der Waals surface area contributed by atoms with Crippen molar-refractivity contribution in [1.29, 1.82) is 0 Å². The van der Waals surface area contributed by atoms with E-state index in [4.69, 9.17) is 0 Å². The van der Waals surface area contributed by atoms with E-state index in [0.717, 1.165) is 37.0 Å². The van der Waals surface area contributed by atoms with Crippen LogP contribution in [0.4, 0.5) is 10.5 Å². The van der Waals surface area contributed by atoms with E-state index in [1.807, 2.05) is 18.2 Å². The van der Waals surface area contributed by atoms with Crippen LogP contribution >= 0.6 is 0 Å². The minimum absolute atomic E-state index is 0.0939. The standard InChI is InChI=1S/C25H28N4O5S/c1-25(19-11-10-17-6-4-7-18(17)14-19)23(31)29(24(32)27-25)16-22(30)26-20-8-5-9-21(15-20)35(33,34)28-12-2-3-13-28/h5,8-11,14-15H,2-4,6-7,12-13,16H2,1H3,(H,26,30)(H,27,32)/t25-/m0/s1. The van der Waals surface area contributed by atoms with Crippen molar-refractivity contribution >= 4 is 33.6 Å². The summed E-state index contributed by atoms with van der Waals surface area (Å²) < 4.78 is 27.1. The number of fused-ring (bicyclic) bond motifs is 1. The summed E-state index contributed by atoms with van der Waals surface area (Å²) in [7, 11) is -3.63. The highest BCUT2D eigenvalue weighted by Crippen LogP contribution is 2.32. The highest BCUT2D eigenvalue weighted by atomic mass is 32.2. The maximum Gasteiger partial charge on any atom is 0.325 e. The molecule has 9 nitrogen and oxygen atoms in total. The van der Waals surface area contributed by atoms with E-state index in [1.54, 1.807) is 19.1 Å². The molecule has 0 aromatic heterocycles. The summed E-state index contributed by atoms with van der Waals surface area (Å²) >= 11 is 0. The van der Waals surface area contributed by atoms with Gasteiger partial charge in [-0.15, -0.1) is 0 Å². The van der Waals surface area contributed by atoms with Gasteiger partial charge in [-0.1, -0.05) is 24.3 Å². The van der Waals surface area contributed by atoms with Crippen molar-refractivity contribution in [2.75, 3.05) is 25.0 Å². The molecular formula is C25H28N4O5S. The van der Waals surface area contributed by atoms with Gasteiger partial charge in [0, 0.05) is 18.8 Å². The van der Waals surface area contributed by atoms with Crippen LogP contribution in [0.1, 0.15) is 42.9 Å². The number of aryl methyl sites for hydroxylation is 2. The zero-order valence-corrected chi connectivity index (χ0v) is 20.4. The van der Waals surface area contributed by atoms with Gasteiger partial charge in [0.15, 0.2) is 0 Å². The fraction of sp³-hybridized carbons (Fsp3) is 0.400. The first-order chi connectivity index (χ1) is 16.7. The number of imide groups is 1. The van der Waals surface area contributed by atoms with E-state index >= 15 is 0 Å². The molecule has 2 fully saturated rings. The Morgan fingerprint density at radius 3 is 2.54 bits per heavy atom. The molecule has 1 aliphatic carbocycles. The van der Waals surface area contributed by atoms with E-state index in [0.29, 0.717) is 18.7 Å². The lowest BCUT2D eigenvalue weighted by atomic mass is 9.89. The number of hydrogen-bond acceptors (Lipinski definition) is 5. The number of amides is 4. The number of urea groups is 1. The van der Waals surface area contributed by atoms with Gasteiger partial charge in [-0.25, -0.2) is 13.2 Å². The zero-order valence-electron chi connectivity index (χ0n) is 19.5. The number of rotatable bonds is 6. The van der Waals surface area contributed by atoms with Gasteiger partial charge in [0.1, 0.15) is 12.1 Å². The van der Waals surface area contributed by atoms with Crippen molar-refractivity contribution in [3.8, 4) is 0 Å². The highest BCUT2D eigenvalue weighted by Gasteiger charge is 2.49. The lowest BCUT2D eigenvalue weighted by molar-refractivity contribution is -0.133. The van der Waals surface area contributed by atoms with E-state index < -0.39 is 40.0 Å². The molecule has 5 rings (SSSR count). The van der Waals surface area contributed by atoms with Crippen LogP contribution in [-0.2, 0) is 38.0 Å². The van der Waals surface area contributed by atoms with Crippen LogP contribution in [0.5, 0.6) is 0 Å². The van der Waals surface area contributed by atoms with Crippen molar-refractivity contribution in [2.45, 2.75) is 49.5 Å². The van der Waals surface area contributed by atoms with Crippen LogP contribution in [0.15, 0.2) is 47.4 Å². The summed E-state index contributed by atoms with van der Waals surface area (Å²) in [6.07, 6.45) is 4.68. The summed E-state index contributed by atoms with van der Waals surface area (Å²) in [6.45, 7) is 2.13. The molecule has 0 unspecified atom stereocenters. The summed E-state index contributed by atoms with van der Waals surface area (Å²) in [5.41, 5.74) is 2.17. The molecule has 2 heterocycles. The minimum Gasteiger partial charge on any atom is -0.324 e. The van der Waals surface area contributed by atoms with Gasteiger partial charge in [-0.3, -0.25) is 14.5 Å². The second kappa shape index (κ2) is 8.76. The maximum absolute atomic E-state index is 13.2. The largest absolute Gasteiger partial charge is 0.325 e. The zero-order chi connectivity index (χ0) is 24.8. The third-order valence-corrected chi connectivity index (χ3v) is 8.97. The van der Waals surface area contributed by atoms with Crippen molar-refractivity contribution in [1.82, 2.24) is 14.5 Å². The average Bonchev–Trinajstić information content (AvgIpc) is 3.57. The van der Waals surface area contributed by atoms with Crippen molar-refractivity contribution in [3.63, 3.8) is 0 Å². The quantitative estimate of drug-likeness (QED) is 0.596. The van der Waals surface area contributed by atoms with Crippen LogP contribution in [0.2, 0.25) is 0 Å². The van der Waals surface area contributed by atoms with Gasteiger partial charge in [-0.05, 0) is 73.9 Å². The monoisotopic (exact) mass is 496 g/mol. The van der Waals surface area contributed by atoms with Crippen molar-refractivity contribution in [3.05, 3.63) is 59.2 Å². The number of carbonyl (C=O) groups is 3. The van der Waals surface area contributed by atoms with Crippen molar-refractivity contribution < 1.29 is 22.8 Å². The Morgan fingerprint density at radius 2 is 1.77 bits per heavy atom. The molecule has 0 spiro atoms. The second-order valence-electron chi connectivity index (χ2n) is 9.47. The second-order valence-corrected chi connectivity index (χ2v) is 11.4. The fourth-order valence-electron chi connectivity index (χ4n) is 5.08. The SMILES string of the molecule is C[C@@]1(c2ccc3c(c2)CCC3)NC(=O)N(CC(=O)Nc2cccc(S(=O)(=O)N3CCCC3)c2)C1=O. The molecule has 2 saturated heterocycles. The van der Waals surface area contributed by atoms with E-state index in [1.165, 1.54) is 27.6 Å². The molecule has 2 aliphatic heterocycles. The lowest BCUT2D eigenvalue weighted by Crippen LogP contribution is -2.42. The van der Waals surface area contributed by atoms with Gasteiger partial charge in [0.25, 0.3) is 5.91 Å². The Balaban J connectivity index is 1.29. The molecule has 4 amide bonds. The van der Waals surface area contributed by atoms with Crippen molar-refractivity contribution in [2.24, 2.45) is 0 Å². The predicted octanol–water partition coefficient (Wildman–Crippen LogP) is 2.37. The smallest absolute Gasteiger partial charge is 0.324 e. The third kappa shape index (κ3) is 4.21. The number of carbonyl (C=O) groups excluding carboxylic acids is 3. The Labute approximate surface area is 204 Å². The first-order valence-corrected chi connectivity index (χ1v) is 13.3. The Hall–Kier alpha value is -3.24. The summed E-state index contributed by atoms with van der Waals surface area (Å²) in [4.78, 5) is 39.6. The predicted molar refractivity (Wildman–Crippen MR) is 129 cm³/mol. The van der Waals surface area contributed by atoms with E-state index in [-0.39, 0.29) is 10.6 Å². The van der Waals surface area contributed by atoms with E-state index in [2.05, 4.69) is 10.6 Å². The molecule has 1 atom stereocenters. The molecule has 35 heavy (non-hydrogen) atoms. The fourth-order valence-corrected chi connectivity index (χ4v) is 6.64. The summed E-state index contributed by atoms with van der Waals surface area (Å²) in [5.74, 6) is -1.09. The first kappa shape index (κ1) is 23.5. The van der Waals surface area contributed by atoms with E-state index in [9.17, 15) is 22.8 Å². The number of nitrogens with zero attached hydrogens (tertiary/aromatic N) is 2. The maximum atomic E-state index is 13.2. The molecule has 2 aromatic carbocycles. The van der Waals surface area contributed by atoms with Crippen LogP contribution < -0.4 is 10.6 Å². The van der Waals surface area contributed by atoms with Gasteiger partial charge in [0.2, 0.25) is 15.9 Å². The summed E-state index contributed by atoms with van der Waals surface area (Å²) in [5, 5.41) is 5.36. The minimum atomic E-state index is -3.63. The highest BCUT2D eigenvalue weighted by molar-refractivity contribution is 7.89. The molecule has 10 heteroatoms. The molecule has 3 aliphatic rings. The Morgan fingerprint density at radius 1 is 1.03 bits per heavy atom. The number of benzene rings is 2. The van der Waals surface area contributed by atoms with Gasteiger partial charge >= 0.3 is 6.03 Å². The molecule has 0 bridgehead atoms. The summed E-state index contributed by atoms with van der Waals surface area (Å²) in [6, 6.07) is 11.2. The van der Waals surface area contributed by atoms with Gasteiger partial charge in [-0.2, -0.15) is 4.31 Å². The molecule has 2 N–H and O–H groups in total. The lowest BCUT2D eigenvalue weighted by Gasteiger charge is -2.23. The number of hydrogen-bond donors (Lipinski definition) is 2. The molecule has 184 valence electrons. The van der Waals surface area contributed by atoms with Crippen LogP contribution in [-0.4, -0.2) is 55.1 Å². The molecule has 0 saturated carbocycles. The van der Waals surface area contributed by atoms with Crippen LogP contribution in [0.3, 0.4) is 0 Å². The molecular weight excluding hydrogens is 468 g/mol. The molecule has 0 radical (unpaired) electrons. The normalized spacial score (nSPS) is 22.4. The van der Waals surface area contributed by atoms with Crippen LogP contribution in [0.25, 0.3) is 0 Å². The topological polar surface area (TPSA) is 116 Å². The molecule has 2 aromatic rings.